The van der Waals surface area contributed by atoms with E-state index in [2.05, 4.69) is 58.1 Å². The lowest BCUT2D eigenvalue weighted by Gasteiger charge is -2.35. The van der Waals surface area contributed by atoms with Crippen LogP contribution in [0, 0.1) is 5.92 Å². The van der Waals surface area contributed by atoms with Crippen molar-refractivity contribution in [1.82, 2.24) is 10.6 Å². The summed E-state index contributed by atoms with van der Waals surface area (Å²) in [4.78, 5) is 27.8. The van der Waals surface area contributed by atoms with Crippen LogP contribution >= 0.6 is 0 Å². The number of anilines is 2. The number of carbonyl (C=O) groups excluding carboxylic acids is 2. The van der Waals surface area contributed by atoms with Crippen molar-refractivity contribution in [3.63, 3.8) is 0 Å². The summed E-state index contributed by atoms with van der Waals surface area (Å²) in [6, 6.07) is 16.1. The molecule has 0 unspecified atom stereocenters. The molecule has 3 amide bonds. The molecule has 1 heterocycles. The van der Waals surface area contributed by atoms with E-state index in [0.717, 1.165) is 57.3 Å². The van der Waals surface area contributed by atoms with Gasteiger partial charge in [-0.25, -0.2) is 4.79 Å². The predicted octanol–water partition coefficient (Wildman–Crippen LogP) is 5.22. The van der Waals surface area contributed by atoms with Crippen LogP contribution in [0.25, 0.3) is 0 Å². The first kappa shape index (κ1) is 27.5. The average molecular weight is 495 g/mol. The summed E-state index contributed by atoms with van der Waals surface area (Å²) < 4.78 is 5.38. The molecule has 1 fully saturated rings. The Bertz CT molecular complexity index is 943. The third-order valence-corrected chi connectivity index (χ3v) is 6.59. The van der Waals surface area contributed by atoms with Gasteiger partial charge in [0.25, 0.3) is 5.91 Å². The van der Waals surface area contributed by atoms with Crippen LogP contribution in [-0.2, 0) is 11.2 Å². The zero-order chi connectivity index (χ0) is 25.6. The van der Waals surface area contributed by atoms with Crippen LogP contribution in [0.5, 0.6) is 0 Å². The van der Waals surface area contributed by atoms with E-state index in [1.807, 2.05) is 19.1 Å². The first-order chi connectivity index (χ1) is 17.6. The zero-order valence-corrected chi connectivity index (χ0v) is 21.9. The lowest BCUT2D eigenvalue weighted by atomic mass is 9.89. The maximum absolute atomic E-state index is 13.2. The first-order valence-corrected chi connectivity index (χ1v) is 13.4. The van der Waals surface area contributed by atoms with E-state index in [1.165, 1.54) is 5.56 Å². The second-order valence-corrected chi connectivity index (χ2v) is 9.39. The SMILES string of the molecule is CCCCNC(=O)Nc1ccc(N2CCC(Cc3ccccc3)CC2)c(C(=O)NCCCOCC)c1. The molecule has 0 bridgehead atoms. The summed E-state index contributed by atoms with van der Waals surface area (Å²) in [5.41, 5.74) is 3.52. The molecule has 3 N–H and O–H groups in total. The van der Waals surface area contributed by atoms with Crippen LogP contribution in [0.15, 0.2) is 48.5 Å². The number of ether oxygens (including phenoxy) is 1. The number of benzene rings is 2. The molecule has 0 spiro atoms. The number of carbonyl (C=O) groups is 2. The predicted molar refractivity (Wildman–Crippen MR) is 147 cm³/mol. The summed E-state index contributed by atoms with van der Waals surface area (Å²) in [7, 11) is 0. The number of nitrogens with zero attached hydrogens (tertiary/aromatic N) is 1. The van der Waals surface area contributed by atoms with Crippen LogP contribution in [0.4, 0.5) is 16.2 Å². The van der Waals surface area contributed by atoms with E-state index >= 15 is 0 Å². The van der Waals surface area contributed by atoms with E-state index in [-0.39, 0.29) is 11.9 Å². The Morgan fingerprint density at radius 3 is 2.44 bits per heavy atom. The van der Waals surface area contributed by atoms with Crippen LogP contribution in [0.3, 0.4) is 0 Å². The van der Waals surface area contributed by atoms with Crippen LogP contribution in [0.2, 0.25) is 0 Å². The van der Waals surface area contributed by atoms with Crippen molar-refractivity contribution in [2.24, 2.45) is 5.92 Å². The number of rotatable bonds is 13. The number of unbranched alkanes of at least 4 members (excludes halogenated alkanes) is 1. The second kappa shape index (κ2) is 15.1. The molecule has 2 aromatic rings. The molecule has 7 nitrogen and oxygen atoms in total. The minimum atomic E-state index is -0.249. The fourth-order valence-electron chi connectivity index (χ4n) is 4.57. The summed E-state index contributed by atoms with van der Waals surface area (Å²) in [6.07, 6.45) is 5.98. The Morgan fingerprint density at radius 2 is 1.72 bits per heavy atom. The van der Waals surface area contributed by atoms with Crippen molar-refractivity contribution in [2.45, 2.75) is 52.4 Å². The molecule has 1 saturated heterocycles. The Balaban J connectivity index is 1.66. The number of urea groups is 1. The molecule has 0 aliphatic carbocycles. The van der Waals surface area contributed by atoms with Gasteiger partial charge < -0.3 is 25.6 Å². The van der Waals surface area contributed by atoms with Gasteiger partial charge in [-0.05, 0) is 68.7 Å². The van der Waals surface area contributed by atoms with Crippen molar-refractivity contribution >= 4 is 23.3 Å². The van der Waals surface area contributed by atoms with Gasteiger partial charge >= 0.3 is 6.03 Å². The number of amides is 3. The molecular weight excluding hydrogens is 452 g/mol. The Morgan fingerprint density at radius 1 is 0.972 bits per heavy atom. The Labute approximate surface area is 216 Å². The lowest BCUT2D eigenvalue weighted by Crippen LogP contribution is -2.36. The van der Waals surface area contributed by atoms with Crippen LogP contribution in [0.1, 0.15) is 61.9 Å². The molecule has 1 aliphatic heterocycles. The van der Waals surface area contributed by atoms with Gasteiger partial charge in [0, 0.05) is 50.8 Å². The quantitative estimate of drug-likeness (QED) is 0.333. The smallest absolute Gasteiger partial charge is 0.319 e. The lowest BCUT2D eigenvalue weighted by molar-refractivity contribution is 0.0944. The van der Waals surface area contributed by atoms with Gasteiger partial charge in [-0.3, -0.25) is 4.79 Å². The minimum absolute atomic E-state index is 0.122. The van der Waals surface area contributed by atoms with Gasteiger partial charge in [-0.15, -0.1) is 0 Å². The topological polar surface area (TPSA) is 82.7 Å². The number of hydrogen-bond donors (Lipinski definition) is 3. The molecule has 0 aromatic heterocycles. The van der Waals surface area contributed by atoms with E-state index in [4.69, 9.17) is 4.74 Å². The standard InChI is InChI=1S/C29H42N4O3/c1-3-5-16-31-29(35)32-25-12-13-27(26(22-25)28(34)30-17-9-20-36-4-2)33-18-14-24(15-19-33)21-23-10-7-6-8-11-23/h6-8,10-13,22,24H,3-5,9,14-21H2,1-2H3,(H,30,34)(H2,31,32,35). The molecule has 0 atom stereocenters. The van der Waals surface area contributed by atoms with Gasteiger partial charge in [0.05, 0.1) is 5.56 Å². The highest BCUT2D eigenvalue weighted by Crippen LogP contribution is 2.30. The number of piperidine rings is 1. The number of nitrogens with one attached hydrogen (secondary N) is 3. The van der Waals surface area contributed by atoms with E-state index in [0.29, 0.717) is 43.5 Å². The fourth-order valence-corrected chi connectivity index (χ4v) is 4.57. The number of hydrogen-bond acceptors (Lipinski definition) is 4. The molecule has 0 saturated carbocycles. The van der Waals surface area contributed by atoms with Gasteiger partial charge in [-0.2, -0.15) is 0 Å². The highest BCUT2D eigenvalue weighted by molar-refractivity contribution is 6.02. The van der Waals surface area contributed by atoms with Crippen molar-refractivity contribution < 1.29 is 14.3 Å². The van der Waals surface area contributed by atoms with Gasteiger partial charge in [-0.1, -0.05) is 43.7 Å². The Kier molecular flexibility index (Phi) is 11.6. The monoisotopic (exact) mass is 494 g/mol. The molecule has 196 valence electrons. The van der Waals surface area contributed by atoms with E-state index in [1.54, 1.807) is 6.07 Å². The molecule has 7 heteroatoms. The largest absolute Gasteiger partial charge is 0.382 e. The highest BCUT2D eigenvalue weighted by atomic mass is 16.5. The summed E-state index contributed by atoms with van der Waals surface area (Å²) in [6.45, 7) is 8.34. The third kappa shape index (κ3) is 8.86. The highest BCUT2D eigenvalue weighted by Gasteiger charge is 2.23. The average Bonchev–Trinajstić information content (AvgIpc) is 2.90. The van der Waals surface area contributed by atoms with E-state index in [9.17, 15) is 9.59 Å². The van der Waals surface area contributed by atoms with Gasteiger partial charge in [0.15, 0.2) is 0 Å². The van der Waals surface area contributed by atoms with Crippen molar-refractivity contribution in [3.8, 4) is 0 Å². The fraction of sp³-hybridized carbons (Fsp3) is 0.517. The maximum atomic E-state index is 13.2. The first-order valence-electron chi connectivity index (χ1n) is 13.4. The van der Waals surface area contributed by atoms with Crippen molar-refractivity contribution in [2.75, 3.05) is 49.6 Å². The van der Waals surface area contributed by atoms with Crippen LogP contribution in [-0.4, -0.2) is 51.3 Å². The van der Waals surface area contributed by atoms with Crippen LogP contribution < -0.4 is 20.9 Å². The summed E-state index contributed by atoms with van der Waals surface area (Å²) in [5, 5.41) is 8.77. The third-order valence-electron chi connectivity index (χ3n) is 6.59. The van der Waals surface area contributed by atoms with Gasteiger partial charge in [0.2, 0.25) is 0 Å². The van der Waals surface area contributed by atoms with Crippen molar-refractivity contribution in [1.29, 1.82) is 0 Å². The molecule has 3 rings (SSSR count). The summed E-state index contributed by atoms with van der Waals surface area (Å²) >= 11 is 0. The molecule has 36 heavy (non-hydrogen) atoms. The van der Waals surface area contributed by atoms with E-state index < -0.39 is 0 Å². The normalized spacial score (nSPS) is 13.9. The molecule has 0 radical (unpaired) electrons. The minimum Gasteiger partial charge on any atom is -0.382 e. The van der Waals surface area contributed by atoms with Crippen molar-refractivity contribution in [3.05, 3.63) is 59.7 Å². The summed E-state index contributed by atoms with van der Waals surface area (Å²) in [5.74, 6) is 0.523. The van der Waals surface area contributed by atoms with Gasteiger partial charge in [0.1, 0.15) is 0 Å². The second-order valence-electron chi connectivity index (χ2n) is 9.39. The molecular formula is C29H42N4O3. The molecule has 2 aromatic carbocycles. The molecule has 1 aliphatic rings. The zero-order valence-electron chi connectivity index (χ0n) is 21.9. The maximum Gasteiger partial charge on any atom is 0.319 e. The Hall–Kier alpha value is -3.06.